The summed E-state index contributed by atoms with van der Waals surface area (Å²) in [6.07, 6.45) is 11.9. The number of carbonyl (C=O) groups is 1. The Kier molecular flexibility index (Phi) is 10.3. The molecule has 0 aromatic rings. The maximum absolute atomic E-state index is 12.4. The molecule has 4 aliphatic carbocycles. The molecule has 8 heteroatoms. The third kappa shape index (κ3) is 6.23. The molecule has 4 N–H and O–H groups in total. The van der Waals surface area contributed by atoms with Gasteiger partial charge in [-0.15, -0.1) is 11.8 Å². The van der Waals surface area contributed by atoms with Crippen molar-refractivity contribution in [2.75, 3.05) is 19.0 Å². The van der Waals surface area contributed by atoms with Crippen molar-refractivity contribution in [1.29, 1.82) is 0 Å². The number of rotatable bonds is 11. The Labute approximate surface area is 250 Å². The zero-order valence-corrected chi connectivity index (χ0v) is 26.2. The van der Waals surface area contributed by atoms with Gasteiger partial charge < -0.3 is 29.9 Å². The Morgan fingerprint density at radius 3 is 2.54 bits per heavy atom. The lowest BCUT2D eigenvalue weighted by Crippen LogP contribution is -2.57. The van der Waals surface area contributed by atoms with E-state index in [1.807, 2.05) is 6.92 Å². The molecule has 0 aromatic carbocycles. The first kappa shape index (κ1) is 31.9. The number of hydrogen-bond donors (Lipinski definition) is 4. The van der Waals surface area contributed by atoms with Crippen LogP contribution in [0.4, 0.5) is 0 Å². The van der Waals surface area contributed by atoms with Crippen LogP contribution in [0.1, 0.15) is 97.8 Å². The van der Waals surface area contributed by atoms with Gasteiger partial charge in [-0.1, -0.05) is 38.3 Å². The van der Waals surface area contributed by atoms with Crippen molar-refractivity contribution in [3.05, 3.63) is 11.6 Å². The number of hydrogen-bond acceptors (Lipinski definition) is 8. The van der Waals surface area contributed by atoms with E-state index in [9.17, 15) is 25.2 Å². The maximum atomic E-state index is 12.4. The van der Waals surface area contributed by atoms with Crippen molar-refractivity contribution in [3.8, 4) is 0 Å². The summed E-state index contributed by atoms with van der Waals surface area (Å²) >= 11 is 1.43. The molecule has 0 radical (unpaired) electrons. The molecule has 1 heterocycles. The van der Waals surface area contributed by atoms with Crippen molar-refractivity contribution in [2.24, 2.45) is 34.5 Å². The molecule has 1 saturated heterocycles. The van der Waals surface area contributed by atoms with Gasteiger partial charge in [-0.2, -0.15) is 0 Å². The van der Waals surface area contributed by atoms with E-state index in [1.54, 1.807) is 5.57 Å². The number of aliphatic hydroxyl groups excluding tert-OH is 4. The average Bonchev–Trinajstić information content (AvgIpc) is 3.32. The van der Waals surface area contributed by atoms with E-state index in [0.717, 1.165) is 69.1 Å². The summed E-state index contributed by atoms with van der Waals surface area (Å²) in [7, 11) is 0. The number of allylic oxidation sites excluding steroid dienone is 1. The van der Waals surface area contributed by atoms with Gasteiger partial charge in [0.15, 0.2) is 0 Å². The molecule has 0 spiro atoms. The standard InChI is InChI=1S/C33H54O7S/c1-20(35)24-10-11-25-23-9-8-21-18-22(12-14-32(21,2)26(23)13-15-33(24,25)3)39-16-6-4-5-7-17-41-31-30(38)29(37)28(36)27(19-34)40-31/h8,22-31,34,36-38H,4-7,9-19H2,1-3H3/t22-,23?,24+,25?,26?,27+,28+,29-,30-,31-,32-,33+/m0/s1. The highest BCUT2D eigenvalue weighted by Gasteiger charge is 2.59. The van der Waals surface area contributed by atoms with Crippen LogP contribution in [0, 0.1) is 34.5 Å². The Balaban J connectivity index is 1.01. The lowest BCUT2D eigenvalue weighted by molar-refractivity contribution is -0.205. The van der Waals surface area contributed by atoms with E-state index in [0.29, 0.717) is 23.2 Å². The third-order valence-electron chi connectivity index (χ3n) is 12.1. The number of ether oxygens (including phenoxy) is 2. The molecular formula is C33H54O7S. The predicted octanol–water partition coefficient (Wildman–Crippen LogP) is 4.63. The quantitative estimate of drug-likeness (QED) is 0.202. The van der Waals surface area contributed by atoms with Crippen LogP contribution in [0.25, 0.3) is 0 Å². The van der Waals surface area contributed by atoms with E-state index >= 15 is 0 Å². The highest BCUT2D eigenvalue weighted by molar-refractivity contribution is 7.99. The predicted molar refractivity (Wildman–Crippen MR) is 160 cm³/mol. The second-order valence-corrected chi connectivity index (χ2v) is 15.5. The Bertz CT molecular complexity index is 941. The van der Waals surface area contributed by atoms with Crippen molar-refractivity contribution in [3.63, 3.8) is 0 Å². The number of Topliss-reactive ketones (excluding diaryl/α,β-unsaturated/α-hetero) is 1. The summed E-state index contributed by atoms with van der Waals surface area (Å²) in [5, 5.41) is 39.4. The largest absolute Gasteiger partial charge is 0.394 e. The fraction of sp³-hybridized carbons (Fsp3) is 0.909. The molecule has 3 saturated carbocycles. The molecule has 3 unspecified atom stereocenters. The Morgan fingerprint density at radius 1 is 1.00 bits per heavy atom. The fourth-order valence-electron chi connectivity index (χ4n) is 9.65. The number of carbonyl (C=O) groups excluding carboxylic acids is 1. The number of unbranched alkanes of at least 4 members (excludes halogenated alkanes) is 3. The molecule has 5 rings (SSSR count). The molecule has 1 aliphatic heterocycles. The summed E-state index contributed by atoms with van der Waals surface area (Å²) in [6.45, 7) is 7.20. The molecule has 12 atom stereocenters. The number of aliphatic hydroxyl groups is 4. The van der Waals surface area contributed by atoms with Crippen LogP contribution in [0.2, 0.25) is 0 Å². The van der Waals surface area contributed by atoms with E-state index in [4.69, 9.17) is 9.47 Å². The monoisotopic (exact) mass is 594 g/mol. The normalized spacial score (nSPS) is 45.9. The minimum atomic E-state index is -1.30. The maximum Gasteiger partial charge on any atom is 0.133 e. The van der Waals surface area contributed by atoms with Gasteiger partial charge in [0.2, 0.25) is 0 Å². The van der Waals surface area contributed by atoms with Gasteiger partial charge in [-0.3, -0.25) is 4.79 Å². The summed E-state index contributed by atoms with van der Waals surface area (Å²) in [5.41, 5.74) is 1.53. The van der Waals surface area contributed by atoms with E-state index in [1.165, 1.54) is 43.9 Å². The van der Waals surface area contributed by atoms with Crippen LogP contribution in [-0.2, 0) is 14.3 Å². The molecule has 0 amide bonds. The number of ketones is 1. The number of fused-ring (bicyclic) bond motifs is 5. The van der Waals surface area contributed by atoms with Crippen molar-refractivity contribution in [2.45, 2.75) is 134 Å². The highest BCUT2D eigenvalue weighted by atomic mass is 32.2. The van der Waals surface area contributed by atoms with Crippen LogP contribution >= 0.6 is 11.8 Å². The van der Waals surface area contributed by atoms with Crippen molar-refractivity contribution < 1.29 is 34.7 Å². The van der Waals surface area contributed by atoms with E-state index < -0.39 is 29.9 Å². The van der Waals surface area contributed by atoms with Crippen molar-refractivity contribution in [1.82, 2.24) is 0 Å². The summed E-state index contributed by atoms with van der Waals surface area (Å²) in [6, 6.07) is 0. The minimum absolute atomic E-state index is 0.216. The van der Waals surface area contributed by atoms with Gasteiger partial charge in [0, 0.05) is 12.5 Å². The SMILES string of the molecule is CC(=O)[C@H]1CCC2C3CC=C4C[C@@H](OCCCCCCS[C@@H]5O[C@H](CO)[C@@H](O)[C@H](O)[C@@H]5O)CC[C@]4(C)C3CC[C@@]21C. The minimum Gasteiger partial charge on any atom is -0.394 e. The topological polar surface area (TPSA) is 116 Å². The van der Waals surface area contributed by atoms with Crippen LogP contribution in [0.5, 0.6) is 0 Å². The molecule has 4 fully saturated rings. The zero-order chi connectivity index (χ0) is 29.4. The van der Waals surface area contributed by atoms with Crippen LogP contribution in [0.3, 0.4) is 0 Å². The molecular weight excluding hydrogens is 540 g/mol. The Hall–Kier alpha value is -0.480. The lowest BCUT2D eigenvalue weighted by atomic mass is 9.47. The molecule has 7 nitrogen and oxygen atoms in total. The molecule has 234 valence electrons. The van der Waals surface area contributed by atoms with Gasteiger partial charge in [0.05, 0.1) is 12.7 Å². The lowest BCUT2D eigenvalue weighted by Gasteiger charge is -2.58. The van der Waals surface area contributed by atoms with Gasteiger partial charge in [0.1, 0.15) is 35.6 Å². The molecule has 0 aromatic heterocycles. The molecule has 41 heavy (non-hydrogen) atoms. The summed E-state index contributed by atoms with van der Waals surface area (Å²) in [4.78, 5) is 12.4. The fourth-order valence-corrected chi connectivity index (χ4v) is 10.8. The smallest absolute Gasteiger partial charge is 0.133 e. The van der Waals surface area contributed by atoms with Crippen LogP contribution in [-0.4, -0.2) is 81.1 Å². The van der Waals surface area contributed by atoms with Crippen molar-refractivity contribution >= 4 is 17.5 Å². The van der Waals surface area contributed by atoms with E-state index in [2.05, 4.69) is 19.9 Å². The second-order valence-electron chi connectivity index (χ2n) is 14.3. The first-order chi connectivity index (χ1) is 19.6. The van der Waals surface area contributed by atoms with Crippen LogP contribution < -0.4 is 0 Å². The summed E-state index contributed by atoms with van der Waals surface area (Å²) < 4.78 is 12.0. The Morgan fingerprint density at radius 2 is 1.78 bits per heavy atom. The highest BCUT2D eigenvalue weighted by Crippen LogP contribution is 2.66. The third-order valence-corrected chi connectivity index (χ3v) is 13.3. The first-order valence-corrected chi connectivity index (χ1v) is 17.4. The molecule has 5 aliphatic rings. The van der Waals surface area contributed by atoms with Gasteiger partial charge in [-0.25, -0.2) is 0 Å². The first-order valence-electron chi connectivity index (χ1n) is 16.3. The van der Waals surface area contributed by atoms with Crippen LogP contribution in [0.15, 0.2) is 11.6 Å². The van der Waals surface area contributed by atoms with Gasteiger partial charge in [-0.05, 0) is 105 Å². The van der Waals surface area contributed by atoms with E-state index in [-0.39, 0.29) is 17.9 Å². The number of thioether (sulfide) groups is 1. The second kappa shape index (κ2) is 13.3. The average molecular weight is 595 g/mol. The molecule has 0 bridgehead atoms. The summed E-state index contributed by atoms with van der Waals surface area (Å²) in [5.74, 6) is 3.68. The zero-order valence-electron chi connectivity index (χ0n) is 25.4. The van der Waals surface area contributed by atoms with Gasteiger partial charge in [0.25, 0.3) is 0 Å². The van der Waals surface area contributed by atoms with Gasteiger partial charge >= 0.3 is 0 Å².